The van der Waals surface area contributed by atoms with Crippen molar-refractivity contribution in [1.29, 1.82) is 0 Å². The van der Waals surface area contributed by atoms with Gasteiger partial charge in [0.25, 0.3) is 0 Å². The van der Waals surface area contributed by atoms with Crippen LogP contribution in [0.15, 0.2) is 211 Å². The number of benzene rings is 8. The molecule has 0 N–H and O–H groups in total. The van der Waals surface area contributed by atoms with Crippen LogP contribution in [-0.2, 0) is 5.41 Å². The van der Waals surface area contributed by atoms with E-state index in [9.17, 15) is 0 Å². The van der Waals surface area contributed by atoms with Crippen LogP contribution in [0.3, 0.4) is 0 Å². The maximum atomic E-state index is 6.35. The van der Waals surface area contributed by atoms with E-state index in [0.717, 1.165) is 49.9 Å². The molecule has 3 nitrogen and oxygen atoms in total. The zero-order valence-electron chi connectivity index (χ0n) is 29.9. The number of pyridine rings is 1. The number of hydrogen-bond acceptors (Lipinski definition) is 3. The van der Waals surface area contributed by atoms with Gasteiger partial charge in [-0.15, -0.1) is 0 Å². The molecule has 1 aliphatic rings. The summed E-state index contributed by atoms with van der Waals surface area (Å²) in [6.45, 7) is 0. The van der Waals surface area contributed by atoms with E-state index >= 15 is 0 Å². The highest BCUT2D eigenvalue weighted by Gasteiger charge is 2.47. The van der Waals surface area contributed by atoms with Crippen LogP contribution < -0.4 is 4.90 Å². The molecule has 8 aromatic carbocycles. The van der Waals surface area contributed by atoms with Crippen LogP contribution in [0.4, 0.5) is 17.1 Å². The second-order valence-corrected chi connectivity index (χ2v) is 14.3. The number of para-hydroxylation sites is 1. The Balaban J connectivity index is 1.21. The molecular formula is C52H34N2O. The highest BCUT2D eigenvalue weighted by molar-refractivity contribution is 6.18. The molecule has 0 radical (unpaired) electrons. The maximum Gasteiger partial charge on any atom is 0.136 e. The topological polar surface area (TPSA) is 29.3 Å². The van der Waals surface area contributed by atoms with Gasteiger partial charge in [-0.05, 0) is 81.4 Å². The summed E-state index contributed by atoms with van der Waals surface area (Å²) in [7, 11) is 0. The van der Waals surface area contributed by atoms with Crippen LogP contribution in [-0.4, -0.2) is 4.98 Å². The third kappa shape index (κ3) is 4.73. The quantitative estimate of drug-likeness (QED) is 0.173. The first kappa shape index (κ1) is 31.3. The summed E-state index contributed by atoms with van der Waals surface area (Å²) in [6, 6.07) is 71.9. The predicted molar refractivity (Wildman–Crippen MR) is 226 cm³/mol. The third-order valence-electron chi connectivity index (χ3n) is 11.4. The molecule has 258 valence electrons. The SMILES string of the molecule is c1ccc(-c2ccc(N(c3cnc4ccc5oc6ccccc6c5c4c3)c3cccc4c3-c3ccccc3C4(c3ccccc3)c3ccccc3)cc2)cc1. The molecule has 0 fully saturated rings. The van der Waals surface area contributed by atoms with Gasteiger partial charge in [-0.3, -0.25) is 4.98 Å². The van der Waals surface area contributed by atoms with Gasteiger partial charge in [0.15, 0.2) is 0 Å². The number of rotatable bonds is 6. The molecule has 10 aromatic rings. The maximum absolute atomic E-state index is 6.35. The minimum absolute atomic E-state index is 0.517. The molecule has 0 atom stereocenters. The minimum Gasteiger partial charge on any atom is -0.456 e. The Bertz CT molecular complexity index is 2980. The molecule has 0 spiro atoms. The minimum atomic E-state index is -0.517. The van der Waals surface area contributed by atoms with Crippen molar-refractivity contribution in [3.63, 3.8) is 0 Å². The zero-order valence-corrected chi connectivity index (χ0v) is 29.9. The fourth-order valence-electron chi connectivity index (χ4n) is 9.05. The van der Waals surface area contributed by atoms with Crippen molar-refractivity contribution in [2.45, 2.75) is 5.41 Å². The Morgan fingerprint density at radius 2 is 1.09 bits per heavy atom. The first-order valence-electron chi connectivity index (χ1n) is 18.8. The van der Waals surface area contributed by atoms with Gasteiger partial charge in [-0.25, -0.2) is 0 Å². The summed E-state index contributed by atoms with van der Waals surface area (Å²) in [4.78, 5) is 7.53. The van der Waals surface area contributed by atoms with E-state index in [2.05, 4.69) is 187 Å². The number of furan rings is 1. The first-order valence-corrected chi connectivity index (χ1v) is 18.8. The largest absolute Gasteiger partial charge is 0.456 e. The van der Waals surface area contributed by atoms with E-state index in [1.807, 2.05) is 24.4 Å². The molecule has 0 unspecified atom stereocenters. The Morgan fingerprint density at radius 1 is 0.455 bits per heavy atom. The number of hydrogen-bond donors (Lipinski definition) is 0. The molecule has 1 aliphatic carbocycles. The van der Waals surface area contributed by atoms with Crippen molar-refractivity contribution in [3.05, 3.63) is 229 Å². The zero-order chi connectivity index (χ0) is 36.3. The summed E-state index contributed by atoms with van der Waals surface area (Å²) in [5.41, 5.74) is 15.1. The molecule has 3 heteroatoms. The molecule has 0 saturated heterocycles. The van der Waals surface area contributed by atoms with Crippen LogP contribution in [0, 0.1) is 0 Å². The Morgan fingerprint density at radius 3 is 1.85 bits per heavy atom. The average Bonchev–Trinajstić information content (AvgIpc) is 3.80. The van der Waals surface area contributed by atoms with E-state index in [-0.39, 0.29) is 0 Å². The van der Waals surface area contributed by atoms with E-state index in [4.69, 9.17) is 9.40 Å². The number of anilines is 3. The van der Waals surface area contributed by atoms with Crippen molar-refractivity contribution in [2.24, 2.45) is 0 Å². The van der Waals surface area contributed by atoms with Crippen LogP contribution in [0.25, 0.3) is 55.1 Å². The molecule has 55 heavy (non-hydrogen) atoms. The van der Waals surface area contributed by atoms with Crippen LogP contribution in [0.1, 0.15) is 22.3 Å². The summed E-state index contributed by atoms with van der Waals surface area (Å²) < 4.78 is 6.35. The van der Waals surface area contributed by atoms with Gasteiger partial charge in [0.2, 0.25) is 0 Å². The standard InChI is InChI=1S/C52H34N2O/c1-4-15-35(16-5-1)36-27-29-39(30-28-36)54(40-33-43-46(53-34-40)31-32-49-50(43)42-22-11-13-26-48(42)55-49)47-25-14-24-45-51(47)41-21-10-12-23-44(41)52(45,37-17-6-2-7-18-37)38-19-8-3-9-20-38/h1-34H. The molecule has 0 aliphatic heterocycles. The number of aromatic nitrogens is 1. The lowest BCUT2D eigenvalue weighted by Crippen LogP contribution is -2.28. The fourth-order valence-corrected chi connectivity index (χ4v) is 9.05. The Kier molecular flexibility index (Phi) is 7.08. The Labute approximate surface area is 319 Å². The van der Waals surface area contributed by atoms with Gasteiger partial charge in [0.05, 0.1) is 28.5 Å². The molecule has 0 saturated carbocycles. The fraction of sp³-hybridized carbons (Fsp3) is 0.0192. The van der Waals surface area contributed by atoms with Crippen LogP contribution in [0.2, 0.25) is 0 Å². The lowest BCUT2D eigenvalue weighted by atomic mass is 9.68. The lowest BCUT2D eigenvalue weighted by molar-refractivity contribution is 0.669. The molecule has 11 rings (SSSR count). The van der Waals surface area contributed by atoms with Gasteiger partial charge in [0.1, 0.15) is 11.2 Å². The lowest BCUT2D eigenvalue weighted by Gasteiger charge is -2.34. The summed E-state index contributed by atoms with van der Waals surface area (Å²) >= 11 is 0. The van der Waals surface area contributed by atoms with E-state index in [1.165, 1.54) is 44.5 Å². The van der Waals surface area contributed by atoms with E-state index < -0.39 is 5.41 Å². The van der Waals surface area contributed by atoms with Crippen molar-refractivity contribution in [2.75, 3.05) is 4.90 Å². The van der Waals surface area contributed by atoms with Crippen LogP contribution in [0.5, 0.6) is 0 Å². The second-order valence-electron chi connectivity index (χ2n) is 14.3. The van der Waals surface area contributed by atoms with Gasteiger partial charge in [-0.1, -0.05) is 158 Å². The Hall–Kier alpha value is -7.23. The normalized spacial score (nSPS) is 12.9. The second kappa shape index (κ2) is 12.4. The molecular weight excluding hydrogens is 669 g/mol. The van der Waals surface area contributed by atoms with E-state index in [0.29, 0.717) is 0 Å². The van der Waals surface area contributed by atoms with E-state index in [1.54, 1.807) is 0 Å². The summed E-state index contributed by atoms with van der Waals surface area (Å²) in [5.74, 6) is 0. The number of nitrogens with zero attached hydrogens (tertiary/aromatic N) is 2. The monoisotopic (exact) mass is 702 g/mol. The highest BCUT2D eigenvalue weighted by Crippen LogP contribution is 2.59. The van der Waals surface area contributed by atoms with Crippen LogP contribution >= 0.6 is 0 Å². The van der Waals surface area contributed by atoms with Crippen molar-refractivity contribution >= 4 is 49.9 Å². The van der Waals surface area contributed by atoms with Gasteiger partial charge in [-0.2, -0.15) is 0 Å². The number of fused-ring (bicyclic) bond motifs is 8. The molecule has 0 amide bonds. The average molecular weight is 703 g/mol. The highest BCUT2D eigenvalue weighted by atomic mass is 16.3. The molecule has 0 bridgehead atoms. The summed E-state index contributed by atoms with van der Waals surface area (Å²) in [6.07, 6.45) is 2.02. The van der Waals surface area contributed by atoms with Gasteiger partial charge >= 0.3 is 0 Å². The molecule has 2 aromatic heterocycles. The molecule has 2 heterocycles. The smallest absolute Gasteiger partial charge is 0.136 e. The van der Waals surface area contributed by atoms with Crippen molar-refractivity contribution in [3.8, 4) is 22.3 Å². The van der Waals surface area contributed by atoms with Gasteiger partial charge < -0.3 is 9.32 Å². The third-order valence-corrected chi connectivity index (χ3v) is 11.4. The first-order chi connectivity index (χ1) is 27.3. The van der Waals surface area contributed by atoms with Crippen molar-refractivity contribution in [1.82, 2.24) is 4.98 Å². The predicted octanol–water partition coefficient (Wildman–Crippen LogP) is 13.6. The summed E-state index contributed by atoms with van der Waals surface area (Å²) in [5, 5.41) is 3.23. The van der Waals surface area contributed by atoms with Gasteiger partial charge in [0, 0.05) is 27.4 Å². The van der Waals surface area contributed by atoms with Crippen molar-refractivity contribution < 1.29 is 4.42 Å².